The first kappa shape index (κ1) is 17.4. The van der Waals surface area contributed by atoms with Crippen LogP contribution in [0.3, 0.4) is 0 Å². The van der Waals surface area contributed by atoms with Crippen LogP contribution in [0.25, 0.3) is 0 Å². The molecule has 0 radical (unpaired) electrons. The molecule has 0 amide bonds. The molecule has 0 unspecified atom stereocenters. The van der Waals surface area contributed by atoms with Gasteiger partial charge in [-0.3, -0.25) is 0 Å². The van der Waals surface area contributed by atoms with Gasteiger partial charge < -0.3 is 9.47 Å². The Labute approximate surface area is 153 Å². The number of hydrogen-bond acceptors (Lipinski definition) is 6. The molecule has 9 heteroatoms. The van der Waals surface area contributed by atoms with Crippen molar-refractivity contribution < 1.29 is 8.42 Å². The highest BCUT2D eigenvalue weighted by atomic mass is 32.2. The van der Waals surface area contributed by atoms with Crippen LogP contribution in [0.15, 0.2) is 17.3 Å². The quantitative estimate of drug-likeness (QED) is 0.792. The average molecular weight is 376 g/mol. The monoisotopic (exact) mass is 376 g/mol. The van der Waals surface area contributed by atoms with Gasteiger partial charge in [-0.05, 0) is 44.7 Å². The van der Waals surface area contributed by atoms with E-state index in [2.05, 4.69) is 26.1 Å². The predicted molar refractivity (Wildman–Crippen MR) is 97.7 cm³/mol. The lowest BCUT2D eigenvalue weighted by molar-refractivity contribution is 0.382. The number of sulfonamides is 1. The number of piperazine rings is 1. The molecule has 1 aliphatic heterocycles. The van der Waals surface area contributed by atoms with Gasteiger partial charge in [0.15, 0.2) is 10.8 Å². The Balaban J connectivity index is 1.47. The SMILES string of the molecule is CCn1cc(S(=O)(=O)N2CCN(c3cc4c(nn3)CCC4)CC2)nc1C. The van der Waals surface area contributed by atoms with E-state index in [0.717, 1.165) is 36.6 Å². The van der Waals surface area contributed by atoms with Crippen LogP contribution in [-0.4, -0.2) is 58.7 Å². The van der Waals surface area contributed by atoms with E-state index in [1.165, 1.54) is 9.87 Å². The first-order valence-corrected chi connectivity index (χ1v) is 10.6. The molecular formula is C17H24N6O2S. The Kier molecular flexibility index (Phi) is 4.44. The molecule has 0 atom stereocenters. The van der Waals surface area contributed by atoms with Crippen molar-refractivity contribution in [1.82, 2.24) is 24.1 Å². The van der Waals surface area contributed by atoms with E-state index < -0.39 is 10.0 Å². The van der Waals surface area contributed by atoms with Crippen molar-refractivity contribution in [2.24, 2.45) is 0 Å². The lowest BCUT2D eigenvalue weighted by Crippen LogP contribution is -2.49. The summed E-state index contributed by atoms with van der Waals surface area (Å²) < 4.78 is 29.1. The lowest BCUT2D eigenvalue weighted by Gasteiger charge is -2.34. The van der Waals surface area contributed by atoms with E-state index in [9.17, 15) is 8.42 Å². The summed E-state index contributed by atoms with van der Waals surface area (Å²) in [4.78, 5) is 6.36. The maximum atomic E-state index is 12.9. The maximum absolute atomic E-state index is 12.9. The Morgan fingerprint density at radius 3 is 2.58 bits per heavy atom. The number of fused-ring (bicyclic) bond motifs is 1. The average Bonchev–Trinajstić information content (AvgIpc) is 3.27. The molecular weight excluding hydrogens is 352 g/mol. The van der Waals surface area contributed by atoms with E-state index in [4.69, 9.17) is 0 Å². The van der Waals surface area contributed by atoms with E-state index in [1.54, 1.807) is 6.20 Å². The van der Waals surface area contributed by atoms with Crippen LogP contribution in [0.5, 0.6) is 0 Å². The Morgan fingerprint density at radius 1 is 1.12 bits per heavy atom. The molecule has 8 nitrogen and oxygen atoms in total. The molecule has 2 aromatic rings. The number of aryl methyl sites for hydroxylation is 4. The lowest BCUT2D eigenvalue weighted by atomic mass is 10.2. The van der Waals surface area contributed by atoms with Crippen LogP contribution >= 0.6 is 0 Å². The number of imidazole rings is 1. The smallest absolute Gasteiger partial charge is 0.262 e. The van der Waals surface area contributed by atoms with Gasteiger partial charge in [0, 0.05) is 38.9 Å². The van der Waals surface area contributed by atoms with E-state index in [1.807, 2.05) is 18.4 Å². The molecule has 1 aliphatic carbocycles. The van der Waals surface area contributed by atoms with Gasteiger partial charge in [-0.2, -0.15) is 9.40 Å². The van der Waals surface area contributed by atoms with E-state index >= 15 is 0 Å². The molecule has 26 heavy (non-hydrogen) atoms. The molecule has 0 bridgehead atoms. The fourth-order valence-electron chi connectivity index (χ4n) is 3.69. The summed E-state index contributed by atoms with van der Waals surface area (Å²) in [6, 6.07) is 2.12. The summed E-state index contributed by atoms with van der Waals surface area (Å²) in [5.74, 6) is 1.58. The number of anilines is 1. The van der Waals surface area contributed by atoms with Crippen molar-refractivity contribution in [3.8, 4) is 0 Å². The summed E-state index contributed by atoms with van der Waals surface area (Å²) in [6.07, 6.45) is 4.84. The third-order valence-electron chi connectivity index (χ3n) is 5.27. The Bertz CT molecular complexity index is 915. The van der Waals surface area contributed by atoms with Gasteiger partial charge in [0.25, 0.3) is 10.0 Å². The van der Waals surface area contributed by atoms with Crippen molar-refractivity contribution in [2.75, 3.05) is 31.1 Å². The standard InChI is InChI=1S/C17H24N6O2S/c1-3-21-12-17(18-13(21)2)26(24,25)23-9-7-22(8-10-23)16-11-14-5-4-6-15(14)19-20-16/h11-12H,3-10H2,1-2H3. The zero-order chi connectivity index (χ0) is 18.3. The van der Waals surface area contributed by atoms with Crippen molar-refractivity contribution >= 4 is 15.8 Å². The molecule has 0 saturated carbocycles. The molecule has 2 aromatic heterocycles. The second-order valence-electron chi connectivity index (χ2n) is 6.83. The first-order chi connectivity index (χ1) is 12.5. The minimum atomic E-state index is -3.55. The summed E-state index contributed by atoms with van der Waals surface area (Å²) in [6.45, 7) is 6.59. The predicted octanol–water partition coefficient (Wildman–Crippen LogP) is 1.00. The molecule has 3 heterocycles. The second-order valence-corrected chi connectivity index (χ2v) is 8.72. The largest absolute Gasteiger partial charge is 0.352 e. The molecule has 0 aromatic carbocycles. The zero-order valence-corrected chi connectivity index (χ0v) is 16.0. The van der Waals surface area contributed by atoms with Gasteiger partial charge in [-0.25, -0.2) is 13.4 Å². The van der Waals surface area contributed by atoms with Gasteiger partial charge in [0.1, 0.15) is 5.82 Å². The molecule has 1 saturated heterocycles. The number of aromatic nitrogens is 4. The molecule has 1 fully saturated rings. The highest BCUT2D eigenvalue weighted by molar-refractivity contribution is 7.89. The van der Waals surface area contributed by atoms with Crippen molar-refractivity contribution in [2.45, 2.75) is 44.7 Å². The van der Waals surface area contributed by atoms with Crippen molar-refractivity contribution in [1.29, 1.82) is 0 Å². The van der Waals surface area contributed by atoms with Gasteiger partial charge in [0.2, 0.25) is 0 Å². The fraction of sp³-hybridized carbons (Fsp3) is 0.588. The minimum absolute atomic E-state index is 0.141. The maximum Gasteiger partial charge on any atom is 0.262 e. The highest BCUT2D eigenvalue weighted by Crippen LogP contribution is 2.24. The van der Waals surface area contributed by atoms with Crippen molar-refractivity contribution in [3.63, 3.8) is 0 Å². The van der Waals surface area contributed by atoms with E-state index in [-0.39, 0.29) is 5.03 Å². The third kappa shape index (κ3) is 2.99. The second kappa shape index (κ2) is 6.62. The summed E-state index contributed by atoms with van der Waals surface area (Å²) in [7, 11) is -3.55. The highest BCUT2D eigenvalue weighted by Gasteiger charge is 2.31. The van der Waals surface area contributed by atoms with Crippen molar-refractivity contribution in [3.05, 3.63) is 29.3 Å². The summed E-state index contributed by atoms with van der Waals surface area (Å²) in [5, 5.41) is 8.81. The minimum Gasteiger partial charge on any atom is -0.352 e. The molecule has 2 aliphatic rings. The van der Waals surface area contributed by atoms with Crippen LogP contribution in [0, 0.1) is 6.92 Å². The van der Waals surface area contributed by atoms with Gasteiger partial charge in [-0.1, -0.05) is 0 Å². The topological polar surface area (TPSA) is 84.2 Å². The Hall–Kier alpha value is -2.00. The summed E-state index contributed by atoms with van der Waals surface area (Å²) in [5.41, 5.74) is 2.39. The normalized spacial score (nSPS) is 18.3. The fourth-order valence-corrected chi connectivity index (χ4v) is 5.10. The Morgan fingerprint density at radius 2 is 1.88 bits per heavy atom. The molecule has 140 valence electrons. The zero-order valence-electron chi connectivity index (χ0n) is 15.2. The number of hydrogen-bond donors (Lipinski definition) is 0. The van der Waals surface area contributed by atoms with Crippen LogP contribution in [0.4, 0.5) is 5.82 Å². The van der Waals surface area contributed by atoms with Gasteiger partial charge in [-0.15, -0.1) is 5.10 Å². The van der Waals surface area contributed by atoms with Crippen LogP contribution < -0.4 is 4.90 Å². The summed E-state index contributed by atoms with van der Waals surface area (Å²) >= 11 is 0. The van der Waals surface area contributed by atoms with E-state index in [0.29, 0.717) is 32.7 Å². The van der Waals surface area contributed by atoms with Crippen LogP contribution in [-0.2, 0) is 29.4 Å². The third-order valence-corrected chi connectivity index (χ3v) is 7.04. The number of rotatable bonds is 4. The molecule has 0 N–H and O–H groups in total. The van der Waals surface area contributed by atoms with Crippen LogP contribution in [0.1, 0.15) is 30.4 Å². The number of nitrogens with zero attached hydrogens (tertiary/aromatic N) is 6. The van der Waals surface area contributed by atoms with Gasteiger partial charge >= 0.3 is 0 Å². The first-order valence-electron chi connectivity index (χ1n) is 9.13. The molecule has 4 rings (SSSR count). The molecule has 0 spiro atoms. The van der Waals surface area contributed by atoms with Gasteiger partial charge in [0.05, 0.1) is 5.69 Å². The van der Waals surface area contributed by atoms with Crippen LogP contribution in [0.2, 0.25) is 0 Å².